The fourth-order valence-electron chi connectivity index (χ4n) is 3.49. The molecule has 3 rings (SSSR count). The van der Waals surface area contributed by atoms with E-state index >= 15 is 4.39 Å². The fourth-order valence-corrected chi connectivity index (χ4v) is 5.43. The van der Waals surface area contributed by atoms with Gasteiger partial charge in [0.1, 0.15) is 24.0 Å². The standard InChI is InChI=1S/C22H28FIN3O9P/c1-12(2)34-19(30)13(3)26-37(32,36-14-8-6-5-7-9-14)33-11-16-17(28)22(4,23)20(35-16)27-10-15(24)18(29)25-21(27)31/h5-10,12-13,16-17,20,28H,11H2,1-4H3,(H,26,32)(H,25,29,31)/t13-,16-,17-,20?,22-,37-/m1/s1. The van der Waals surface area contributed by atoms with Gasteiger partial charge >= 0.3 is 19.4 Å². The molecular weight excluding hydrogens is 627 g/mol. The van der Waals surface area contributed by atoms with Crippen molar-refractivity contribution in [2.75, 3.05) is 6.61 Å². The highest BCUT2D eigenvalue weighted by atomic mass is 127. The number of aliphatic hydroxyl groups excluding tert-OH is 1. The summed E-state index contributed by atoms with van der Waals surface area (Å²) in [7, 11) is -4.31. The molecule has 1 aliphatic heterocycles. The molecule has 0 radical (unpaired) electrons. The predicted molar refractivity (Wildman–Crippen MR) is 138 cm³/mol. The summed E-state index contributed by atoms with van der Waals surface area (Å²) in [6, 6.07) is 6.86. The van der Waals surface area contributed by atoms with Gasteiger partial charge in [-0.15, -0.1) is 0 Å². The molecule has 1 aromatic carbocycles. The first-order valence-electron chi connectivity index (χ1n) is 11.2. The molecule has 1 unspecified atom stereocenters. The molecule has 6 atom stereocenters. The number of aliphatic hydroxyl groups is 1. The molecule has 0 saturated carbocycles. The van der Waals surface area contributed by atoms with E-state index in [1.54, 1.807) is 54.6 Å². The summed E-state index contributed by atoms with van der Waals surface area (Å²) in [5.74, 6) is -0.561. The summed E-state index contributed by atoms with van der Waals surface area (Å²) < 4.78 is 51.8. The molecule has 0 spiro atoms. The van der Waals surface area contributed by atoms with Crippen LogP contribution in [0.4, 0.5) is 4.39 Å². The van der Waals surface area contributed by atoms with E-state index in [-0.39, 0.29) is 9.32 Å². The summed E-state index contributed by atoms with van der Waals surface area (Å²) >= 11 is 1.67. The second kappa shape index (κ2) is 11.7. The molecule has 15 heteroatoms. The van der Waals surface area contributed by atoms with Gasteiger partial charge in [-0.3, -0.25) is 23.7 Å². The number of carbonyl (C=O) groups excluding carboxylic acids is 1. The molecule has 1 saturated heterocycles. The number of esters is 1. The third-order valence-corrected chi connectivity index (χ3v) is 7.74. The topological polar surface area (TPSA) is 158 Å². The smallest absolute Gasteiger partial charge is 0.459 e. The molecule has 37 heavy (non-hydrogen) atoms. The summed E-state index contributed by atoms with van der Waals surface area (Å²) in [4.78, 5) is 38.3. The van der Waals surface area contributed by atoms with Gasteiger partial charge in [0.05, 0.1) is 16.3 Å². The molecule has 2 heterocycles. The number of alkyl halides is 1. The Morgan fingerprint density at radius 1 is 1.32 bits per heavy atom. The summed E-state index contributed by atoms with van der Waals surface area (Å²) in [5.41, 5.74) is -4.09. The first-order chi connectivity index (χ1) is 17.2. The van der Waals surface area contributed by atoms with Gasteiger partial charge in [0.15, 0.2) is 11.9 Å². The number of hydrogen-bond donors (Lipinski definition) is 3. The molecule has 12 nitrogen and oxygen atoms in total. The third-order valence-electron chi connectivity index (χ3n) is 5.33. The molecule has 204 valence electrons. The van der Waals surface area contributed by atoms with Crippen LogP contribution in [0.15, 0.2) is 46.1 Å². The second-order valence-corrected chi connectivity index (χ2v) is 11.7. The molecule has 1 aliphatic rings. The lowest BCUT2D eigenvalue weighted by atomic mass is 9.98. The van der Waals surface area contributed by atoms with E-state index in [0.29, 0.717) is 0 Å². The van der Waals surface area contributed by atoms with Crippen LogP contribution in [0, 0.1) is 3.57 Å². The average molecular weight is 655 g/mol. The van der Waals surface area contributed by atoms with Gasteiger partial charge < -0.3 is 19.1 Å². The molecular formula is C22H28FIN3O9P. The number of halogens is 2. The number of carbonyl (C=O) groups is 1. The zero-order chi connectivity index (χ0) is 27.5. The van der Waals surface area contributed by atoms with Gasteiger partial charge in [0, 0.05) is 6.20 Å². The zero-order valence-corrected chi connectivity index (χ0v) is 23.5. The molecule has 3 N–H and O–H groups in total. The number of hydrogen-bond acceptors (Lipinski definition) is 9. The van der Waals surface area contributed by atoms with Gasteiger partial charge in [-0.2, -0.15) is 5.09 Å². The number of benzene rings is 1. The summed E-state index contributed by atoms with van der Waals surface area (Å²) in [5, 5.41) is 13.1. The van der Waals surface area contributed by atoms with Crippen molar-refractivity contribution in [3.05, 3.63) is 60.9 Å². The quantitative estimate of drug-likeness (QED) is 0.197. The van der Waals surface area contributed by atoms with Crippen LogP contribution in [0.2, 0.25) is 0 Å². The van der Waals surface area contributed by atoms with Crippen molar-refractivity contribution < 1.29 is 37.4 Å². The van der Waals surface area contributed by atoms with E-state index in [0.717, 1.165) is 17.7 Å². The molecule has 2 aromatic rings. The van der Waals surface area contributed by atoms with E-state index < -0.39 is 67.8 Å². The first kappa shape index (κ1) is 29.5. The van der Waals surface area contributed by atoms with Crippen molar-refractivity contribution in [3.8, 4) is 5.75 Å². The Morgan fingerprint density at radius 3 is 2.59 bits per heavy atom. The van der Waals surface area contributed by atoms with Crippen molar-refractivity contribution in [1.82, 2.24) is 14.6 Å². The summed E-state index contributed by atoms with van der Waals surface area (Å²) in [6.07, 6.45) is -4.16. The normalized spacial score (nSPS) is 26.0. The van der Waals surface area contributed by atoms with Crippen LogP contribution in [0.5, 0.6) is 5.75 Å². The van der Waals surface area contributed by atoms with Crippen LogP contribution in [0.25, 0.3) is 0 Å². The van der Waals surface area contributed by atoms with E-state index in [9.17, 15) is 24.1 Å². The van der Waals surface area contributed by atoms with Crippen molar-refractivity contribution in [3.63, 3.8) is 0 Å². The number of aromatic nitrogens is 2. The Labute approximate surface area is 225 Å². The minimum atomic E-state index is -4.31. The van der Waals surface area contributed by atoms with E-state index in [4.69, 9.17) is 18.5 Å². The van der Waals surface area contributed by atoms with E-state index in [1.165, 1.54) is 19.1 Å². The van der Waals surface area contributed by atoms with Crippen molar-refractivity contribution >= 4 is 36.3 Å². The second-order valence-electron chi connectivity index (χ2n) is 8.80. The number of rotatable bonds is 10. The van der Waals surface area contributed by atoms with Gasteiger partial charge in [0.2, 0.25) is 0 Å². The lowest BCUT2D eigenvalue weighted by Gasteiger charge is -2.25. The zero-order valence-electron chi connectivity index (χ0n) is 20.4. The van der Waals surface area contributed by atoms with Crippen LogP contribution in [-0.2, 0) is 23.4 Å². The molecule has 0 amide bonds. The lowest BCUT2D eigenvalue weighted by Crippen LogP contribution is -2.44. The van der Waals surface area contributed by atoms with Crippen LogP contribution in [-0.4, -0.2) is 57.3 Å². The van der Waals surface area contributed by atoms with Crippen LogP contribution < -0.4 is 20.9 Å². The third kappa shape index (κ3) is 7.06. The first-order valence-corrected chi connectivity index (χ1v) is 13.9. The Hall–Kier alpha value is -2.10. The maximum Gasteiger partial charge on any atom is 0.459 e. The minimum Gasteiger partial charge on any atom is -0.462 e. The predicted octanol–water partition coefficient (Wildman–Crippen LogP) is 2.26. The molecule has 0 aliphatic carbocycles. The van der Waals surface area contributed by atoms with Crippen molar-refractivity contribution in [2.24, 2.45) is 0 Å². The Morgan fingerprint density at radius 2 is 1.97 bits per heavy atom. The fraction of sp³-hybridized carbons (Fsp3) is 0.500. The number of para-hydroxylation sites is 1. The highest BCUT2D eigenvalue weighted by Gasteiger charge is 2.56. The van der Waals surface area contributed by atoms with Crippen molar-refractivity contribution in [1.29, 1.82) is 0 Å². The SMILES string of the molecule is CC(C)OC(=O)[C@@H](C)N[P@@](=O)(OC[C@H]1OC(n2cc(I)c(=O)[nH]c2=O)[C@](C)(F)[C@@H]1O)Oc1ccccc1. The van der Waals surface area contributed by atoms with Crippen molar-refractivity contribution in [2.45, 2.75) is 63.9 Å². The van der Waals surface area contributed by atoms with Crippen LogP contribution >= 0.6 is 30.3 Å². The van der Waals surface area contributed by atoms with Crippen LogP contribution in [0.1, 0.15) is 33.9 Å². The summed E-state index contributed by atoms with van der Waals surface area (Å²) in [6.45, 7) is 5.08. The van der Waals surface area contributed by atoms with Gasteiger partial charge in [-0.25, -0.2) is 13.8 Å². The highest BCUT2D eigenvalue weighted by molar-refractivity contribution is 14.1. The van der Waals surface area contributed by atoms with Crippen LogP contribution in [0.3, 0.4) is 0 Å². The minimum absolute atomic E-state index is 0.0954. The molecule has 1 fully saturated rings. The number of nitrogens with zero attached hydrogens (tertiary/aromatic N) is 1. The van der Waals surface area contributed by atoms with Gasteiger partial charge in [-0.05, 0) is 62.4 Å². The highest BCUT2D eigenvalue weighted by Crippen LogP contribution is 2.47. The van der Waals surface area contributed by atoms with Gasteiger partial charge in [-0.1, -0.05) is 18.2 Å². The number of nitrogens with one attached hydrogen (secondary N) is 2. The maximum atomic E-state index is 15.6. The molecule has 0 bridgehead atoms. The molecule has 1 aromatic heterocycles. The van der Waals surface area contributed by atoms with E-state index in [2.05, 4.69) is 5.09 Å². The lowest BCUT2D eigenvalue weighted by molar-refractivity contribution is -0.149. The average Bonchev–Trinajstić information content (AvgIpc) is 3.03. The van der Waals surface area contributed by atoms with Gasteiger partial charge in [0.25, 0.3) is 5.56 Å². The largest absolute Gasteiger partial charge is 0.462 e. The van der Waals surface area contributed by atoms with E-state index in [1.807, 2.05) is 4.98 Å². The monoisotopic (exact) mass is 655 g/mol. The Balaban J connectivity index is 1.82. The maximum absolute atomic E-state index is 15.6. The Kier molecular flexibility index (Phi) is 9.35. The number of ether oxygens (including phenoxy) is 2. The number of H-pyrrole nitrogens is 1. The Bertz CT molecular complexity index is 1270. The number of aromatic amines is 1.